The summed E-state index contributed by atoms with van der Waals surface area (Å²) in [6.45, 7) is 3.09. The number of ketones is 1. The Morgan fingerprint density at radius 1 is 1.35 bits per heavy atom. The molecule has 0 amide bonds. The Bertz CT molecular complexity index is 670. The molecule has 0 saturated heterocycles. The minimum absolute atomic E-state index is 0.0491. The van der Waals surface area contributed by atoms with Gasteiger partial charge in [0.25, 0.3) is 0 Å². The highest BCUT2D eigenvalue weighted by Gasteiger charge is 2.31. The van der Waals surface area contributed by atoms with E-state index in [0.717, 1.165) is 10.9 Å². The molecule has 20 heavy (non-hydrogen) atoms. The number of fused-ring (bicyclic) bond motifs is 1. The second-order valence-corrected chi connectivity index (χ2v) is 5.40. The van der Waals surface area contributed by atoms with Gasteiger partial charge < -0.3 is 14.8 Å². The number of hydrogen-bond acceptors (Lipinski definition) is 3. The van der Waals surface area contributed by atoms with Gasteiger partial charge in [-0.05, 0) is 32.0 Å². The molecule has 5 nitrogen and oxygen atoms in total. The van der Waals surface area contributed by atoms with E-state index in [0.29, 0.717) is 11.3 Å². The Hall–Kier alpha value is -2.30. The molecule has 1 aromatic heterocycles. The number of hydrogen-bond donors (Lipinski definition) is 2. The van der Waals surface area contributed by atoms with Gasteiger partial charge >= 0.3 is 5.97 Å². The third kappa shape index (κ3) is 2.52. The first-order chi connectivity index (χ1) is 9.35. The number of rotatable bonds is 5. The quantitative estimate of drug-likeness (QED) is 0.822. The molecule has 0 radical (unpaired) electrons. The van der Waals surface area contributed by atoms with Crippen molar-refractivity contribution < 1.29 is 19.4 Å². The average Bonchev–Trinajstić information content (AvgIpc) is 2.80. The van der Waals surface area contributed by atoms with Crippen molar-refractivity contribution in [2.75, 3.05) is 7.11 Å². The second kappa shape index (κ2) is 5.00. The molecule has 0 unspecified atom stereocenters. The Kier molecular flexibility index (Phi) is 3.53. The Morgan fingerprint density at radius 3 is 2.65 bits per heavy atom. The van der Waals surface area contributed by atoms with E-state index in [9.17, 15) is 9.59 Å². The summed E-state index contributed by atoms with van der Waals surface area (Å²) in [6, 6.07) is 5.40. The number of carbonyl (C=O) groups excluding carboxylic acids is 1. The van der Waals surface area contributed by atoms with E-state index >= 15 is 0 Å². The van der Waals surface area contributed by atoms with Gasteiger partial charge in [-0.2, -0.15) is 0 Å². The molecule has 1 heterocycles. The fourth-order valence-electron chi connectivity index (χ4n) is 2.03. The van der Waals surface area contributed by atoms with E-state index in [-0.39, 0.29) is 12.2 Å². The summed E-state index contributed by atoms with van der Waals surface area (Å²) in [6.07, 6.45) is 1.57. The molecule has 0 fully saturated rings. The molecule has 2 N–H and O–H groups in total. The van der Waals surface area contributed by atoms with Crippen LogP contribution in [0.5, 0.6) is 5.75 Å². The topological polar surface area (TPSA) is 79.4 Å². The molecule has 0 spiro atoms. The largest absolute Gasteiger partial charge is 0.497 e. The molecule has 0 aliphatic rings. The number of carbonyl (C=O) groups is 2. The first kappa shape index (κ1) is 14.1. The van der Waals surface area contributed by atoms with Gasteiger partial charge in [-0.3, -0.25) is 9.59 Å². The van der Waals surface area contributed by atoms with Crippen molar-refractivity contribution in [2.45, 2.75) is 20.3 Å². The van der Waals surface area contributed by atoms with Crippen LogP contribution in [-0.2, 0) is 4.79 Å². The van der Waals surface area contributed by atoms with Gasteiger partial charge in [-0.25, -0.2) is 0 Å². The summed E-state index contributed by atoms with van der Waals surface area (Å²) < 4.78 is 5.15. The third-order valence-corrected chi connectivity index (χ3v) is 3.37. The number of aromatic amines is 1. The number of benzene rings is 1. The van der Waals surface area contributed by atoms with Crippen LogP contribution in [0.2, 0.25) is 0 Å². The Balaban J connectivity index is 2.37. The van der Waals surface area contributed by atoms with Crippen molar-refractivity contribution in [3.05, 3.63) is 30.0 Å². The van der Waals surface area contributed by atoms with Crippen LogP contribution in [0.3, 0.4) is 0 Å². The lowest BCUT2D eigenvalue weighted by Gasteiger charge is -2.17. The van der Waals surface area contributed by atoms with Gasteiger partial charge in [-0.15, -0.1) is 0 Å². The molecule has 1 aromatic carbocycles. The minimum Gasteiger partial charge on any atom is -0.497 e. The second-order valence-electron chi connectivity index (χ2n) is 5.40. The van der Waals surface area contributed by atoms with Crippen LogP contribution in [0, 0.1) is 5.41 Å². The zero-order valence-corrected chi connectivity index (χ0v) is 11.7. The smallest absolute Gasteiger partial charge is 0.309 e. The van der Waals surface area contributed by atoms with Crippen molar-refractivity contribution in [3.8, 4) is 5.75 Å². The van der Waals surface area contributed by atoms with Crippen LogP contribution in [0.4, 0.5) is 0 Å². The van der Waals surface area contributed by atoms with Crippen LogP contribution in [0.1, 0.15) is 30.6 Å². The van der Waals surface area contributed by atoms with Crippen LogP contribution < -0.4 is 4.74 Å². The molecule has 2 aromatic rings. The Morgan fingerprint density at radius 2 is 2.05 bits per heavy atom. The molecular weight excluding hydrogens is 258 g/mol. The zero-order chi connectivity index (χ0) is 14.9. The van der Waals surface area contributed by atoms with Crippen LogP contribution in [-0.4, -0.2) is 29.0 Å². The van der Waals surface area contributed by atoms with Crippen molar-refractivity contribution in [1.82, 2.24) is 4.98 Å². The number of Topliss-reactive ketones (excluding diaryl/α,β-unsaturated/α-hetero) is 1. The van der Waals surface area contributed by atoms with E-state index in [1.54, 1.807) is 39.3 Å². The van der Waals surface area contributed by atoms with E-state index in [1.807, 2.05) is 6.07 Å². The fourth-order valence-corrected chi connectivity index (χ4v) is 2.03. The summed E-state index contributed by atoms with van der Waals surface area (Å²) in [4.78, 5) is 26.4. The average molecular weight is 275 g/mol. The molecule has 0 aliphatic heterocycles. The molecule has 0 aliphatic carbocycles. The van der Waals surface area contributed by atoms with Crippen LogP contribution in [0.25, 0.3) is 10.9 Å². The zero-order valence-electron chi connectivity index (χ0n) is 11.7. The van der Waals surface area contributed by atoms with Crippen molar-refractivity contribution >= 4 is 22.7 Å². The minimum atomic E-state index is -1.08. The summed E-state index contributed by atoms with van der Waals surface area (Å²) in [5.41, 5.74) is 0.231. The maximum atomic E-state index is 12.3. The number of methoxy groups -OCH3 is 1. The van der Waals surface area contributed by atoms with Gasteiger partial charge in [0.05, 0.1) is 12.5 Å². The molecule has 0 saturated carbocycles. The molecular formula is C15H17NO4. The summed E-state index contributed by atoms with van der Waals surface area (Å²) in [5.74, 6) is -0.524. The van der Waals surface area contributed by atoms with Crippen molar-refractivity contribution in [3.63, 3.8) is 0 Å². The monoisotopic (exact) mass is 275 g/mol. The van der Waals surface area contributed by atoms with Crippen molar-refractivity contribution in [2.24, 2.45) is 5.41 Å². The summed E-state index contributed by atoms with van der Waals surface area (Å²) in [5, 5.41) is 9.85. The van der Waals surface area contributed by atoms with E-state index < -0.39 is 11.4 Å². The van der Waals surface area contributed by atoms with Gasteiger partial charge in [-0.1, -0.05) is 0 Å². The third-order valence-electron chi connectivity index (χ3n) is 3.37. The Labute approximate surface area is 116 Å². The lowest BCUT2D eigenvalue weighted by atomic mass is 9.85. The number of carboxylic acid groups (broad SMARTS) is 1. The van der Waals surface area contributed by atoms with E-state index in [4.69, 9.17) is 9.84 Å². The first-order valence-corrected chi connectivity index (χ1v) is 6.27. The standard InChI is InChI=1S/C15H17NO4/c1-15(2,14(18)19)7-13(17)11-8-16-12-5-4-9(20-3)6-10(11)12/h4-6,8,16H,7H2,1-3H3,(H,18,19). The number of nitrogens with one attached hydrogen (secondary N) is 1. The highest BCUT2D eigenvalue weighted by atomic mass is 16.5. The maximum absolute atomic E-state index is 12.3. The lowest BCUT2D eigenvalue weighted by molar-refractivity contribution is -0.146. The predicted molar refractivity (Wildman–Crippen MR) is 75.2 cm³/mol. The van der Waals surface area contributed by atoms with Gasteiger partial charge in [0.15, 0.2) is 5.78 Å². The normalized spacial score (nSPS) is 11.6. The number of aromatic nitrogens is 1. The van der Waals surface area contributed by atoms with Gasteiger partial charge in [0, 0.05) is 29.1 Å². The summed E-state index contributed by atoms with van der Waals surface area (Å²) >= 11 is 0. The van der Waals surface area contributed by atoms with Crippen LogP contribution >= 0.6 is 0 Å². The SMILES string of the molecule is COc1ccc2[nH]cc(C(=O)CC(C)(C)C(=O)O)c2c1. The first-order valence-electron chi connectivity index (χ1n) is 6.27. The molecule has 2 rings (SSSR count). The van der Waals surface area contributed by atoms with E-state index in [1.165, 1.54) is 0 Å². The van der Waals surface area contributed by atoms with E-state index in [2.05, 4.69) is 4.98 Å². The number of carboxylic acids is 1. The lowest BCUT2D eigenvalue weighted by Crippen LogP contribution is -2.26. The molecule has 106 valence electrons. The van der Waals surface area contributed by atoms with Crippen LogP contribution in [0.15, 0.2) is 24.4 Å². The van der Waals surface area contributed by atoms with Gasteiger partial charge in [0.2, 0.25) is 0 Å². The van der Waals surface area contributed by atoms with Crippen molar-refractivity contribution in [1.29, 1.82) is 0 Å². The number of ether oxygens (including phenoxy) is 1. The molecule has 0 atom stereocenters. The maximum Gasteiger partial charge on any atom is 0.309 e. The van der Waals surface area contributed by atoms with Gasteiger partial charge in [0.1, 0.15) is 5.75 Å². The number of aliphatic carboxylic acids is 1. The molecule has 0 bridgehead atoms. The fraction of sp³-hybridized carbons (Fsp3) is 0.333. The summed E-state index contributed by atoms with van der Waals surface area (Å²) in [7, 11) is 1.56. The molecule has 5 heteroatoms. The number of H-pyrrole nitrogens is 1. The highest BCUT2D eigenvalue weighted by Crippen LogP contribution is 2.28. The highest BCUT2D eigenvalue weighted by molar-refractivity contribution is 6.09. The predicted octanol–water partition coefficient (Wildman–Crippen LogP) is 2.86.